The van der Waals surface area contributed by atoms with Crippen LogP contribution in [0.25, 0.3) is 0 Å². The second-order valence-corrected chi connectivity index (χ2v) is 4.70. The lowest BCUT2D eigenvalue weighted by molar-refractivity contribution is 0.100. The highest BCUT2D eigenvalue weighted by atomic mass is 16.5. The van der Waals surface area contributed by atoms with E-state index in [1.54, 1.807) is 12.1 Å². The van der Waals surface area contributed by atoms with Gasteiger partial charge in [-0.15, -0.1) is 0 Å². The van der Waals surface area contributed by atoms with Gasteiger partial charge < -0.3 is 26.4 Å². The molecule has 0 aromatic heterocycles. The molecule has 1 saturated heterocycles. The van der Waals surface area contributed by atoms with Gasteiger partial charge in [0.25, 0.3) is 5.91 Å². The minimum absolute atomic E-state index is 0.0250. The van der Waals surface area contributed by atoms with Crippen LogP contribution in [-0.2, 0) is 4.74 Å². The van der Waals surface area contributed by atoms with Gasteiger partial charge in [-0.05, 0) is 24.6 Å². The van der Waals surface area contributed by atoms with Crippen molar-refractivity contribution in [2.24, 2.45) is 5.73 Å². The van der Waals surface area contributed by atoms with Crippen LogP contribution in [0.1, 0.15) is 16.8 Å². The third-order valence-corrected chi connectivity index (χ3v) is 3.36. The molecule has 0 radical (unpaired) electrons. The Bertz CT molecular complexity index is 532. The van der Waals surface area contributed by atoms with Crippen LogP contribution in [0.3, 0.4) is 0 Å². The summed E-state index contributed by atoms with van der Waals surface area (Å²) in [5.41, 5.74) is 12.5. The smallest absolute Gasteiger partial charge is 0.407 e. The maximum Gasteiger partial charge on any atom is 0.407 e. The predicted octanol–water partition coefficient (Wildman–Crippen LogP) is 0.302. The Morgan fingerprint density at radius 1 is 1.45 bits per heavy atom. The van der Waals surface area contributed by atoms with Gasteiger partial charge in [-0.3, -0.25) is 4.79 Å². The summed E-state index contributed by atoms with van der Waals surface area (Å²) in [5, 5.41) is 2.76. The van der Waals surface area contributed by atoms with E-state index in [0.717, 1.165) is 18.7 Å². The lowest BCUT2D eigenvalue weighted by Gasteiger charge is -2.20. The summed E-state index contributed by atoms with van der Waals surface area (Å²) in [5.74, 6) is -0.548. The number of nitrogen functional groups attached to an aromatic ring is 1. The lowest BCUT2D eigenvalue weighted by atomic mass is 10.1. The van der Waals surface area contributed by atoms with Crippen LogP contribution in [0.5, 0.6) is 0 Å². The van der Waals surface area contributed by atoms with E-state index in [1.165, 1.54) is 7.11 Å². The van der Waals surface area contributed by atoms with Crippen LogP contribution in [0.2, 0.25) is 0 Å². The second kappa shape index (κ2) is 5.68. The zero-order valence-electron chi connectivity index (χ0n) is 11.3. The summed E-state index contributed by atoms with van der Waals surface area (Å²) < 4.78 is 4.57. The number of primary amides is 1. The Morgan fingerprint density at radius 3 is 2.85 bits per heavy atom. The Kier molecular flexibility index (Phi) is 3.97. The maximum atomic E-state index is 11.3. The van der Waals surface area contributed by atoms with E-state index in [9.17, 15) is 9.59 Å². The molecule has 5 N–H and O–H groups in total. The molecule has 0 spiro atoms. The predicted molar refractivity (Wildman–Crippen MR) is 75.5 cm³/mol. The average molecular weight is 278 g/mol. The van der Waals surface area contributed by atoms with Gasteiger partial charge in [0.05, 0.1) is 18.7 Å². The fourth-order valence-corrected chi connectivity index (χ4v) is 2.29. The third kappa shape index (κ3) is 2.93. The molecule has 7 heteroatoms. The van der Waals surface area contributed by atoms with Crippen molar-refractivity contribution in [3.63, 3.8) is 0 Å². The monoisotopic (exact) mass is 278 g/mol. The molecular formula is C13H18N4O3. The molecule has 7 nitrogen and oxygen atoms in total. The van der Waals surface area contributed by atoms with E-state index in [-0.39, 0.29) is 6.04 Å². The molecule has 108 valence electrons. The summed E-state index contributed by atoms with van der Waals surface area (Å²) in [6.45, 7) is 1.42. The van der Waals surface area contributed by atoms with E-state index in [2.05, 4.69) is 15.0 Å². The fraction of sp³-hybridized carbons (Fsp3) is 0.385. The number of ether oxygens (including phenoxy) is 1. The van der Waals surface area contributed by atoms with Crippen molar-refractivity contribution < 1.29 is 14.3 Å². The average Bonchev–Trinajstić information content (AvgIpc) is 2.87. The minimum atomic E-state index is -0.548. The fourth-order valence-electron chi connectivity index (χ4n) is 2.29. The number of anilines is 2. The maximum absolute atomic E-state index is 11.3. The van der Waals surface area contributed by atoms with Crippen molar-refractivity contribution in [1.29, 1.82) is 0 Å². The largest absolute Gasteiger partial charge is 0.453 e. The summed E-state index contributed by atoms with van der Waals surface area (Å²) in [6.07, 6.45) is 0.373. The quantitative estimate of drug-likeness (QED) is 0.689. The number of nitrogens with two attached hydrogens (primary N) is 2. The van der Waals surface area contributed by atoms with Gasteiger partial charge in [0.1, 0.15) is 0 Å². The van der Waals surface area contributed by atoms with Gasteiger partial charge in [0.2, 0.25) is 0 Å². The van der Waals surface area contributed by atoms with Gasteiger partial charge in [-0.2, -0.15) is 0 Å². The molecule has 0 saturated carbocycles. The van der Waals surface area contributed by atoms with E-state index in [0.29, 0.717) is 17.8 Å². The number of nitrogens with one attached hydrogen (secondary N) is 1. The number of benzene rings is 1. The molecule has 1 aliphatic rings. The molecular weight excluding hydrogens is 260 g/mol. The Labute approximate surface area is 116 Å². The molecule has 1 unspecified atom stereocenters. The standard InChI is InChI=1S/C13H18N4O3/c1-20-13(19)16-8-4-5-17(7-8)9-2-3-11(14)10(6-9)12(15)18/h2-3,6,8H,4-5,7,14H2,1H3,(H2,15,18)(H,16,19). The minimum Gasteiger partial charge on any atom is -0.453 e. The lowest BCUT2D eigenvalue weighted by Crippen LogP contribution is -2.37. The Balaban J connectivity index is 2.08. The van der Waals surface area contributed by atoms with Crippen LogP contribution in [-0.4, -0.2) is 38.2 Å². The Hall–Kier alpha value is -2.44. The van der Waals surface area contributed by atoms with Crippen molar-refractivity contribution in [1.82, 2.24) is 5.32 Å². The highest BCUT2D eigenvalue weighted by molar-refractivity contribution is 5.99. The summed E-state index contributed by atoms with van der Waals surface area (Å²) >= 11 is 0. The van der Waals surface area contributed by atoms with Crippen molar-refractivity contribution >= 4 is 23.4 Å². The van der Waals surface area contributed by atoms with Crippen LogP contribution in [0.15, 0.2) is 18.2 Å². The number of amides is 2. The van der Waals surface area contributed by atoms with Gasteiger partial charge in [0.15, 0.2) is 0 Å². The van der Waals surface area contributed by atoms with Crippen LogP contribution in [0.4, 0.5) is 16.2 Å². The molecule has 1 aromatic carbocycles. The van der Waals surface area contributed by atoms with E-state index >= 15 is 0 Å². The van der Waals surface area contributed by atoms with Gasteiger partial charge in [-0.25, -0.2) is 4.79 Å². The third-order valence-electron chi connectivity index (χ3n) is 3.36. The van der Waals surface area contributed by atoms with E-state index in [4.69, 9.17) is 11.5 Å². The highest BCUT2D eigenvalue weighted by Crippen LogP contribution is 2.24. The molecule has 2 rings (SSSR count). The van der Waals surface area contributed by atoms with E-state index < -0.39 is 12.0 Å². The molecule has 0 bridgehead atoms. The van der Waals surface area contributed by atoms with Crippen molar-refractivity contribution in [2.75, 3.05) is 30.8 Å². The number of hydrogen-bond donors (Lipinski definition) is 3. The zero-order valence-corrected chi connectivity index (χ0v) is 11.3. The van der Waals surface area contributed by atoms with Crippen molar-refractivity contribution in [3.05, 3.63) is 23.8 Å². The molecule has 1 aromatic rings. The molecule has 1 fully saturated rings. The number of hydrogen-bond acceptors (Lipinski definition) is 5. The molecule has 1 atom stereocenters. The van der Waals surface area contributed by atoms with Crippen LogP contribution >= 0.6 is 0 Å². The number of carbonyl (C=O) groups excluding carboxylic acids is 2. The number of rotatable bonds is 3. The van der Waals surface area contributed by atoms with Crippen molar-refractivity contribution in [3.8, 4) is 0 Å². The summed E-state index contributed by atoms with van der Waals surface area (Å²) in [7, 11) is 1.33. The normalized spacial score (nSPS) is 17.9. The molecule has 1 heterocycles. The topological polar surface area (TPSA) is 111 Å². The van der Waals surface area contributed by atoms with Gasteiger partial charge in [0, 0.05) is 24.5 Å². The van der Waals surface area contributed by atoms with Crippen LogP contribution < -0.4 is 21.7 Å². The summed E-state index contributed by atoms with van der Waals surface area (Å²) in [4.78, 5) is 24.5. The molecule has 0 aliphatic carbocycles. The molecule has 2 amide bonds. The highest BCUT2D eigenvalue weighted by Gasteiger charge is 2.25. The van der Waals surface area contributed by atoms with Crippen molar-refractivity contribution in [2.45, 2.75) is 12.5 Å². The first-order valence-electron chi connectivity index (χ1n) is 6.30. The number of methoxy groups -OCH3 is 1. The SMILES string of the molecule is COC(=O)NC1CCN(c2ccc(N)c(C(N)=O)c2)C1. The first-order valence-corrected chi connectivity index (χ1v) is 6.30. The van der Waals surface area contributed by atoms with Gasteiger partial charge in [-0.1, -0.05) is 0 Å². The first-order chi connectivity index (χ1) is 9.51. The van der Waals surface area contributed by atoms with Crippen LogP contribution in [0, 0.1) is 0 Å². The Morgan fingerprint density at radius 2 is 2.20 bits per heavy atom. The number of carbonyl (C=O) groups is 2. The van der Waals surface area contributed by atoms with E-state index in [1.807, 2.05) is 6.07 Å². The van der Waals surface area contributed by atoms with Gasteiger partial charge >= 0.3 is 6.09 Å². The first kappa shape index (κ1) is 14.0. The number of nitrogens with zero attached hydrogens (tertiary/aromatic N) is 1. The second-order valence-electron chi connectivity index (χ2n) is 4.70. The zero-order chi connectivity index (χ0) is 14.7. The number of alkyl carbamates (subject to hydrolysis) is 1. The summed E-state index contributed by atoms with van der Waals surface area (Å²) in [6, 6.07) is 5.20. The molecule has 1 aliphatic heterocycles. The molecule has 20 heavy (non-hydrogen) atoms.